The Morgan fingerprint density at radius 1 is 0.900 bits per heavy atom. The van der Waals surface area contributed by atoms with Gasteiger partial charge in [0.25, 0.3) is 0 Å². The van der Waals surface area contributed by atoms with E-state index in [1.807, 2.05) is 0 Å². The summed E-state index contributed by atoms with van der Waals surface area (Å²) in [6.07, 6.45) is 2.88. The number of carbonyl (C=O) groups excluding carboxylic acids is 2. The summed E-state index contributed by atoms with van der Waals surface area (Å²) in [6, 6.07) is 0. The molecule has 0 N–H and O–H groups in total. The quantitative estimate of drug-likeness (QED) is 0.264. The van der Waals surface area contributed by atoms with Crippen LogP contribution in [0.25, 0.3) is 0 Å². The van der Waals surface area contributed by atoms with Gasteiger partial charge in [-0.05, 0) is 6.42 Å². The standard InChI is InChI=1S/C14H26O6/c1-6-7-8-9-10(14(19-4)20-5)11(12(15)17-2)13(16)18-3/h10-11,14H,6-9H2,1-5H3. The molecule has 0 aliphatic heterocycles. The summed E-state index contributed by atoms with van der Waals surface area (Å²) < 4.78 is 19.9. The summed E-state index contributed by atoms with van der Waals surface area (Å²) in [5, 5.41) is 0. The largest absolute Gasteiger partial charge is 0.468 e. The topological polar surface area (TPSA) is 71.1 Å². The average Bonchev–Trinajstić information content (AvgIpc) is 2.47. The van der Waals surface area contributed by atoms with E-state index in [1.54, 1.807) is 0 Å². The Morgan fingerprint density at radius 3 is 1.75 bits per heavy atom. The van der Waals surface area contributed by atoms with Gasteiger partial charge in [0.05, 0.1) is 14.2 Å². The SMILES string of the molecule is CCCCCC(C(OC)OC)C(C(=O)OC)C(=O)OC. The first kappa shape index (κ1) is 18.9. The summed E-state index contributed by atoms with van der Waals surface area (Å²) in [5.41, 5.74) is 0. The molecule has 1 atom stereocenters. The Labute approximate surface area is 120 Å². The predicted octanol–water partition coefficient (Wildman–Crippen LogP) is 1.76. The third kappa shape index (κ3) is 5.46. The highest BCUT2D eigenvalue weighted by molar-refractivity contribution is 5.95. The molecule has 0 aromatic heterocycles. The Morgan fingerprint density at radius 2 is 1.40 bits per heavy atom. The van der Waals surface area contributed by atoms with Crippen LogP contribution in [0.1, 0.15) is 32.6 Å². The molecular formula is C14H26O6. The van der Waals surface area contributed by atoms with Gasteiger partial charge in [-0.3, -0.25) is 9.59 Å². The first-order valence-corrected chi connectivity index (χ1v) is 6.78. The van der Waals surface area contributed by atoms with Crippen LogP contribution in [-0.2, 0) is 28.5 Å². The molecule has 0 heterocycles. The number of ether oxygens (including phenoxy) is 4. The molecule has 0 fully saturated rings. The van der Waals surface area contributed by atoms with Crippen LogP contribution in [-0.4, -0.2) is 46.7 Å². The average molecular weight is 290 g/mol. The van der Waals surface area contributed by atoms with E-state index in [2.05, 4.69) is 6.92 Å². The molecule has 0 spiro atoms. The number of rotatable bonds is 10. The van der Waals surface area contributed by atoms with Crippen LogP contribution >= 0.6 is 0 Å². The highest BCUT2D eigenvalue weighted by Crippen LogP contribution is 2.27. The van der Waals surface area contributed by atoms with Crippen molar-refractivity contribution in [1.82, 2.24) is 0 Å². The zero-order valence-electron chi connectivity index (χ0n) is 13.0. The second kappa shape index (κ2) is 10.6. The number of carbonyl (C=O) groups is 2. The van der Waals surface area contributed by atoms with Crippen molar-refractivity contribution in [1.29, 1.82) is 0 Å². The van der Waals surface area contributed by atoms with Crippen molar-refractivity contribution in [3.8, 4) is 0 Å². The number of esters is 2. The summed E-state index contributed by atoms with van der Waals surface area (Å²) in [6.45, 7) is 2.08. The predicted molar refractivity (Wildman–Crippen MR) is 73.0 cm³/mol. The Balaban J connectivity index is 5.16. The lowest BCUT2D eigenvalue weighted by molar-refractivity contribution is -0.182. The van der Waals surface area contributed by atoms with Gasteiger partial charge in [0.2, 0.25) is 0 Å². The molecule has 0 aliphatic carbocycles. The first-order chi connectivity index (χ1) is 9.56. The van der Waals surface area contributed by atoms with Crippen LogP contribution in [0.2, 0.25) is 0 Å². The molecule has 0 bridgehead atoms. The monoisotopic (exact) mass is 290 g/mol. The van der Waals surface area contributed by atoms with Gasteiger partial charge in [-0.15, -0.1) is 0 Å². The molecule has 0 aromatic carbocycles. The molecule has 20 heavy (non-hydrogen) atoms. The molecule has 0 saturated carbocycles. The van der Waals surface area contributed by atoms with Gasteiger partial charge >= 0.3 is 11.9 Å². The van der Waals surface area contributed by atoms with Gasteiger partial charge in [0.1, 0.15) is 0 Å². The Hall–Kier alpha value is -1.14. The van der Waals surface area contributed by atoms with Gasteiger partial charge in [0, 0.05) is 20.1 Å². The summed E-state index contributed by atoms with van der Waals surface area (Å²) in [4.78, 5) is 23.8. The van der Waals surface area contributed by atoms with E-state index in [0.29, 0.717) is 6.42 Å². The molecule has 0 rings (SSSR count). The van der Waals surface area contributed by atoms with Crippen molar-refractivity contribution in [3.05, 3.63) is 0 Å². The van der Waals surface area contributed by atoms with Crippen molar-refractivity contribution >= 4 is 11.9 Å². The molecule has 118 valence electrons. The normalized spacial score (nSPS) is 12.6. The molecule has 1 unspecified atom stereocenters. The second-order valence-electron chi connectivity index (χ2n) is 4.52. The van der Waals surface area contributed by atoms with E-state index < -0.39 is 30.1 Å². The van der Waals surface area contributed by atoms with Crippen LogP contribution in [0.3, 0.4) is 0 Å². The van der Waals surface area contributed by atoms with Crippen molar-refractivity contribution < 1.29 is 28.5 Å². The molecule has 0 aromatic rings. The highest BCUT2D eigenvalue weighted by Gasteiger charge is 2.41. The van der Waals surface area contributed by atoms with Crippen LogP contribution in [0.5, 0.6) is 0 Å². The Bertz CT molecular complexity index is 271. The minimum atomic E-state index is -1.04. The zero-order valence-corrected chi connectivity index (χ0v) is 13.0. The van der Waals surface area contributed by atoms with E-state index >= 15 is 0 Å². The third-order valence-electron chi connectivity index (χ3n) is 3.29. The smallest absolute Gasteiger partial charge is 0.320 e. The van der Waals surface area contributed by atoms with Gasteiger partial charge in [-0.25, -0.2) is 0 Å². The highest BCUT2D eigenvalue weighted by atomic mass is 16.7. The maximum atomic E-state index is 11.9. The minimum Gasteiger partial charge on any atom is -0.468 e. The van der Waals surface area contributed by atoms with Crippen molar-refractivity contribution in [3.63, 3.8) is 0 Å². The number of unbranched alkanes of at least 4 members (excludes halogenated alkanes) is 2. The van der Waals surface area contributed by atoms with Gasteiger partial charge in [-0.2, -0.15) is 0 Å². The fourth-order valence-electron chi connectivity index (χ4n) is 2.24. The second-order valence-corrected chi connectivity index (χ2v) is 4.52. The maximum Gasteiger partial charge on any atom is 0.320 e. The van der Waals surface area contributed by atoms with Crippen LogP contribution in [0.15, 0.2) is 0 Å². The van der Waals surface area contributed by atoms with Crippen LogP contribution in [0.4, 0.5) is 0 Å². The van der Waals surface area contributed by atoms with Gasteiger partial charge < -0.3 is 18.9 Å². The van der Waals surface area contributed by atoms with Crippen LogP contribution in [0, 0.1) is 11.8 Å². The first-order valence-electron chi connectivity index (χ1n) is 6.78. The van der Waals surface area contributed by atoms with Crippen molar-refractivity contribution in [2.24, 2.45) is 11.8 Å². The maximum absolute atomic E-state index is 11.9. The number of methoxy groups -OCH3 is 4. The van der Waals surface area contributed by atoms with Gasteiger partial charge in [0.15, 0.2) is 12.2 Å². The molecule has 0 amide bonds. The number of hydrogen-bond acceptors (Lipinski definition) is 6. The number of hydrogen-bond donors (Lipinski definition) is 0. The van der Waals surface area contributed by atoms with E-state index in [9.17, 15) is 9.59 Å². The lowest BCUT2D eigenvalue weighted by Crippen LogP contribution is -2.41. The van der Waals surface area contributed by atoms with Crippen molar-refractivity contribution in [2.45, 2.75) is 38.9 Å². The summed E-state index contributed by atoms with van der Waals surface area (Å²) in [5.74, 6) is -2.72. The van der Waals surface area contributed by atoms with E-state index in [4.69, 9.17) is 18.9 Å². The Kier molecular flexibility index (Phi) is 10.0. The van der Waals surface area contributed by atoms with E-state index in [-0.39, 0.29) is 0 Å². The minimum absolute atomic E-state index is 0.434. The molecule has 0 aliphatic rings. The van der Waals surface area contributed by atoms with Crippen LogP contribution < -0.4 is 0 Å². The zero-order chi connectivity index (χ0) is 15.5. The lowest BCUT2D eigenvalue weighted by Gasteiger charge is -2.29. The molecular weight excluding hydrogens is 264 g/mol. The summed E-state index contributed by atoms with van der Waals surface area (Å²) >= 11 is 0. The molecule has 6 nitrogen and oxygen atoms in total. The molecule has 0 saturated heterocycles. The van der Waals surface area contributed by atoms with E-state index in [1.165, 1.54) is 28.4 Å². The van der Waals surface area contributed by atoms with Gasteiger partial charge in [-0.1, -0.05) is 26.2 Å². The molecule has 6 heteroatoms. The fourth-order valence-corrected chi connectivity index (χ4v) is 2.24. The van der Waals surface area contributed by atoms with Crippen molar-refractivity contribution in [2.75, 3.05) is 28.4 Å². The third-order valence-corrected chi connectivity index (χ3v) is 3.29. The lowest BCUT2D eigenvalue weighted by atomic mass is 9.86. The van der Waals surface area contributed by atoms with E-state index in [0.717, 1.165) is 19.3 Å². The summed E-state index contributed by atoms with van der Waals surface area (Å²) in [7, 11) is 5.45. The fraction of sp³-hybridized carbons (Fsp3) is 0.857. The molecule has 0 radical (unpaired) electrons.